The zero-order valence-corrected chi connectivity index (χ0v) is 22.3. The van der Waals surface area contributed by atoms with Crippen LogP contribution in [0.3, 0.4) is 0 Å². The van der Waals surface area contributed by atoms with Gasteiger partial charge in [-0.05, 0) is 59.9 Å². The molecule has 1 fully saturated rings. The van der Waals surface area contributed by atoms with E-state index in [1.807, 2.05) is 67.2 Å². The first-order valence-electron chi connectivity index (χ1n) is 12.2. The zero-order valence-electron chi connectivity index (χ0n) is 21.5. The van der Waals surface area contributed by atoms with Gasteiger partial charge in [0.25, 0.3) is 11.7 Å². The number of anilines is 1. The van der Waals surface area contributed by atoms with Crippen molar-refractivity contribution in [2.75, 3.05) is 4.90 Å². The SMILES string of the molecule is Cc1ccc(C(C)(C)C)cc1/C(O)=C1\C(=O)C(=O)N(c2ccc(Cl)cc2)C1c1cn(C)c2ccccc12. The van der Waals surface area contributed by atoms with Crippen molar-refractivity contribution < 1.29 is 14.7 Å². The van der Waals surface area contributed by atoms with Crippen LogP contribution in [-0.4, -0.2) is 21.4 Å². The Hall–Kier alpha value is -3.83. The van der Waals surface area contributed by atoms with Crippen LogP contribution in [0.25, 0.3) is 16.7 Å². The van der Waals surface area contributed by atoms with Crippen molar-refractivity contribution >= 4 is 45.6 Å². The summed E-state index contributed by atoms with van der Waals surface area (Å²) in [5, 5.41) is 13.2. The second kappa shape index (κ2) is 8.93. The highest BCUT2D eigenvalue weighted by atomic mass is 35.5. The molecule has 1 amide bonds. The molecule has 1 saturated heterocycles. The number of amides is 1. The Morgan fingerprint density at radius 2 is 1.65 bits per heavy atom. The van der Waals surface area contributed by atoms with Gasteiger partial charge in [-0.3, -0.25) is 14.5 Å². The number of carbonyl (C=O) groups is 2. The Labute approximate surface area is 221 Å². The minimum atomic E-state index is -0.815. The van der Waals surface area contributed by atoms with E-state index >= 15 is 0 Å². The van der Waals surface area contributed by atoms with E-state index in [2.05, 4.69) is 20.8 Å². The molecule has 1 aliphatic rings. The molecule has 0 radical (unpaired) electrons. The summed E-state index contributed by atoms with van der Waals surface area (Å²) in [6.45, 7) is 8.18. The summed E-state index contributed by atoms with van der Waals surface area (Å²) in [4.78, 5) is 28.7. The fraction of sp³-hybridized carbons (Fsp3) is 0.226. The van der Waals surface area contributed by atoms with Gasteiger partial charge in [0.2, 0.25) is 0 Å². The summed E-state index contributed by atoms with van der Waals surface area (Å²) in [6, 6.07) is 19.7. The number of halogens is 1. The van der Waals surface area contributed by atoms with Crippen molar-refractivity contribution in [3.63, 3.8) is 0 Å². The number of para-hydroxylation sites is 1. The molecule has 0 saturated carbocycles. The smallest absolute Gasteiger partial charge is 0.300 e. The normalized spacial score (nSPS) is 17.7. The third kappa shape index (κ3) is 4.13. The summed E-state index contributed by atoms with van der Waals surface area (Å²) in [5.74, 6) is -1.58. The van der Waals surface area contributed by atoms with Gasteiger partial charge >= 0.3 is 0 Å². The summed E-state index contributed by atoms with van der Waals surface area (Å²) < 4.78 is 1.97. The fourth-order valence-electron chi connectivity index (χ4n) is 5.07. The highest BCUT2D eigenvalue weighted by molar-refractivity contribution is 6.52. The van der Waals surface area contributed by atoms with E-state index in [-0.39, 0.29) is 16.7 Å². The Morgan fingerprint density at radius 1 is 0.973 bits per heavy atom. The first-order chi connectivity index (χ1) is 17.5. The lowest BCUT2D eigenvalue weighted by Crippen LogP contribution is -2.29. The van der Waals surface area contributed by atoms with Crippen LogP contribution in [0.5, 0.6) is 0 Å². The predicted octanol–water partition coefficient (Wildman–Crippen LogP) is 7.06. The molecule has 1 unspecified atom stereocenters. The van der Waals surface area contributed by atoms with Crippen molar-refractivity contribution in [1.82, 2.24) is 4.57 Å². The lowest BCUT2D eigenvalue weighted by Gasteiger charge is -2.25. The fourth-order valence-corrected chi connectivity index (χ4v) is 5.20. The molecule has 6 heteroatoms. The first kappa shape index (κ1) is 24.8. The maximum Gasteiger partial charge on any atom is 0.300 e. The Morgan fingerprint density at radius 3 is 2.32 bits per heavy atom. The topological polar surface area (TPSA) is 62.5 Å². The maximum absolute atomic E-state index is 13.6. The van der Waals surface area contributed by atoms with Gasteiger partial charge in [-0.2, -0.15) is 0 Å². The van der Waals surface area contributed by atoms with Gasteiger partial charge in [-0.1, -0.05) is 62.7 Å². The molecular formula is C31H29ClN2O3. The Bertz CT molecular complexity index is 1590. The number of benzene rings is 3. The standard InChI is InChI=1S/C31H29ClN2O3/c1-18-10-11-19(31(2,3)4)16-23(18)28(35)26-27(24-17-33(5)25-9-7-6-8-22(24)25)34(30(37)29(26)36)21-14-12-20(32)13-15-21/h6-17,27,35H,1-5H3/b28-26+. The van der Waals surface area contributed by atoms with Crippen LogP contribution in [-0.2, 0) is 22.1 Å². The lowest BCUT2D eigenvalue weighted by molar-refractivity contribution is -0.132. The van der Waals surface area contributed by atoms with Gasteiger partial charge in [0.05, 0.1) is 11.6 Å². The number of aromatic nitrogens is 1. The maximum atomic E-state index is 13.6. The number of carbonyl (C=O) groups excluding carboxylic acids is 2. The van der Waals surface area contributed by atoms with Gasteiger partial charge in [0.1, 0.15) is 5.76 Å². The van der Waals surface area contributed by atoms with E-state index in [4.69, 9.17) is 11.6 Å². The molecule has 1 atom stereocenters. The molecule has 188 valence electrons. The average Bonchev–Trinajstić information content (AvgIpc) is 3.32. The molecule has 1 aromatic heterocycles. The monoisotopic (exact) mass is 512 g/mol. The second-order valence-electron chi connectivity index (χ2n) is 10.6. The van der Waals surface area contributed by atoms with Crippen LogP contribution < -0.4 is 4.90 Å². The van der Waals surface area contributed by atoms with Crippen LogP contribution in [0.1, 0.15) is 49.1 Å². The number of nitrogens with zero attached hydrogens (tertiary/aromatic N) is 2. The van der Waals surface area contributed by atoms with E-state index in [9.17, 15) is 14.7 Å². The summed E-state index contributed by atoms with van der Waals surface area (Å²) in [5.41, 5.74) is 4.56. The summed E-state index contributed by atoms with van der Waals surface area (Å²) in [7, 11) is 1.93. The summed E-state index contributed by atoms with van der Waals surface area (Å²) in [6.07, 6.45) is 1.93. The number of Topliss-reactive ketones (excluding diaryl/α,β-unsaturated/α-hetero) is 1. The number of hydrogen-bond acceptors (Lipinski definition) is 3. The first-order valence-corrected chi connectivity index (χ1v) is 12.6. The van der Waals surface area contributed by atoms with Gasteiger partial charge in [0.15, 0.2) is 0 Å². The number of fused-ring (bicyclic) bond motifs is 1. The molecular weight excluding hydrogens is 484 g/mol. The molecule has 0 spiro atoms. The minimum absolute atomic E-state index is 0.0745. The molecule has 4 aromatic rings. The lowest BCUT2D eigenvalue weighted by atomic mass is 9.84. The number of hydrogen-bond donors (Lipinski definition) is 1. The Kier molecular flexibility index (Phi) is 5.99. The number of rotatable bonds is 3. The largest absolute Gasteiger partial charge is 0.507 e. The van der Waals surface area contributed by atoms with Gasteiger partial charge in [-0.25, -0.2) is 0 Å². The number of aliphatic hydroxyl groups is 1. The van der Waals surface area contributed by atoms with Crippen LogP contribution in [0, 0.1) is 6.92 Å². The van der Waals surface area contributed by atoms with E-state index < -0.39 is 17.7 Å². The molecule has 5 rings (SSSR count). The quantitative estimate of drug-likeness (QED) is 0.181. The molecule has 37 heavy (non-hydrogen) atoms. The third-order valence-electron chi connectivity index (χ3n) is 7.13. The van der Waals surface area contributed by atoms with Crippen LogP contribution >= 0.6 is 11.6 Å². The van der Waals surface area contributed by atoms with E-state index in [1.54, 1.807) is 24.3 Å². The molecule has 0 aliphatic carbocycles. The number of aryl methyl sites for hydroxylation is 2. The second-order valence-corrected chi connectivity index (χ2v) is 11.1. The molecule has 3 aromatic carbocycles. The van der Waals surface area contributed by atoms with Crippen molar-refractivity contribution in [2.24, 2.45) is 7.05 Å². The average molecular weight is 513 g/mol. The van der Waals surface area contributed by atoms with Gasteiger partial charge in [-0.15, -0.1) is 0 Å². The highest BCUT2D eigenvalue weighted by Crippen LogP contribution is 2.45. The number of aliphatic hydroxyl groups excluding tert-OH is 1. The molecule has 2 heterocycles. The van der Waals surface area contributed by atoms with Crippen LogP contribution in [0.2, 0.25) is 5.02 Å². The van der Waals surface area contributed by atoms with Crippen molar-refractivity contribution in [3.8, 4) is 0 Å². The van der Waals surface area contributed by atoms with E-state index in [0.717, 1.165) is 27.6 Å². The molecule has 1 aliphatic heterocycles. The predicted molar refractivity (Wildman–Crippen MR) is 149 cm³/mol. The molecule has 5 nitrogen and oxygen atoms in total. The molecule has 0 bridgehead atoms. The third-order valence-corrected chi connectivity index (χ3v) is 7.38. The highest BCUT2D eigenvalue weighted by Gasteiger charge is 2.48. The zero-order chi connectivity index (χ0) is 26.6. The van der Waals surface area contributed by atoms with Crippen molar-refractivity contribution in [2.45, 2.75) is 39.2 Å². The van der Waals surface area contributed by atoms with Gasteiger partial charge in [0, 0.05) is 46.0 Å². The van der Waals surface area contributed by atoms with Crippen molar-refractivity contribution in [1.29, 1.82) is 0 Å². The van der Waals surface area contributed by atoms with Gasteiger partial charge < -0.3 is 9.67 Å². The van der Waals surface area contributed by atoms with Crippen LogP contribution in [0.15, 0.2) is 78.5 Å². The molecule has 1 N–H and O–H groups in total. The van der Waals surface area contributed by atoms with E-state index in [0.29, 0.717) is 16.3 Å². The van der Waals surface area contributed by atoms with Crippen LogP contribution in [0.4, 0.5) is 5.69 Å². The van der Waals surface area contributed by atoms with E-state index in [1.165, 1.54) is 4.90 Å². The Balaban J connectivity index is 1.81. The summed E-state index contributed by atoms with van der Waals surface area (Å²) >= 11 is 6.12. The van der Waals surface area contributed by atoms with Crippen molar-refractivity contribution in [3.05, 3.63) is 106 Å². The minimum Gasteiger partial charge on any atom is -0.507 e. The number of ketones is 1.